The van der Waals surface area contributed by atoms with Crippen molar-refractivity contribution in [2.45, 2.75) is 6.92 Å². The molecule has 0 aliphatic carbocycles. The highest BCUT2D eigenvalue weighted by molar-refractivity contribution is 6.04. The molecule has 0 atom stereocenters. The van der Waals surface area contributed by atoms with E-state index in [1.807, 2.05) is 0 Å². The SMILES string of the molecule is COc1ccc(OC)c(NC(=O)c2nnn(-c3ccccc3F)c2C)c1. The van der Waals surface area contributed by atoms with E-state index in [2.05, 4.69) is 15.6 Å². The second-order valence-electron chi connectivity index (χ2n) is 5.41. The second-order valence-corrected chi connectivity index (χ2v) is 5.41. The number of amides is 1. The predicted octanol–water partition coefficient (Wildman–Crippen LogP) is 2.98. The molecule has 0 saturated heterocycles. The first-order valence-electron chi connectivity index (χ1n) is 7.75. The number of methoxy groups -OCH3 is 2. The Kier molecular flexibility index (Phi) is 4.83. The summed E-state index contributed by atoms with van der Waals surface area (Å²) in [6.07, 6.45) is 0. The molecule has 8 heteroatoms. The van der Waals surface area contributed by atoms with E-state index < -0.39 is 11.7 Å². The van der Waals surface area contributed by atoms with Gasteiger partial charge < -0.3 is 14.8 Å². The topological polar surface area (TPSA) is 78.3 Å². The quantitative estimate of drug-likeness (QED) is 0.760. The third-order valence-electron chi connectivity index (χ3n) is 3.85. The maximum absolute atomic E-state index is 14.0. The molecule has 26 heavy (non-hydrogen) atoms. The molecule has 0 spiro atoms. The van der Waals surface area contributed by atoms with Crippen molar-refractivity contribution in [2.24, 2.45) is 0 Å². The summed E-state index contributed by atoms with van der Waals surface area (Å²) in [4.78, 5) is 12.6. The van der Waals surface area contributed by atoms with E-state index in [9.17, 15) is 9.18 Å². The van der Waals surface area contributed by atoms with Gasteiger partial charge >= 0.3 is 0 Å². The van der Waals surface area contributed by atoms with Crippen LogP contribution in [0.4, 0.5) is 10.1 Å². The van der Waals surface area contributed by atoms with Crippen molar-refractivity contribution < 1.29 is 18.7 Å². The van der Waals surface area contributed by atoms with Gasteiger partial charge in [-0.25, -0.2) is 9.07 Å². The molecular formula is C18H17FN4O3. The summed E-state index contributed by atoms with van der Waals surface area (Å²) in [7, 11) is 3.02. The van der Waals surface area contributed by atoms with Crippen LogP contribution in [0.25, 0.3) is 5.69 Å². The number of para-hydroxylation sites is 1. The van der Waals surface area contributed by atoms with Crippen LogP contribution in [0.2, 0.25) is 0 Å². The number of rotatable bonds is 5. The average molecular weight is 356 g/mol. The van der Waals surface area contributed by atoms with Gasteiger partial charge in [0, 0.05) is 6.07 Å². The molecule has 1 N–H and O–H groups in total. The van der Waals surface area contributed by atoms with Gasteiger partial charge in [0.05, 0.1) is 25.6 Å². The number of nitrogens with one attached hydrogen (secondary N) is 1. The Bertz CT molecular complexity index is 955. The summed E-state index contributed by atoms with van der Waals surface area (Å²) in [6, 6.07) is 11.2. The van der Waals surface area contributed by atoms with Gasteiger partial charge in [-0.2, -0.15) is 0 Å². The molecule has 1 heterocycles. The molecule has 1 aromatic heterocycles. The van der Waals surface area contributed by atoms with Crippen LogP contribution in [0.5, 0.6) is 11.5 Å². The van der Waals surface area contributed by atoms with Crippen molar-refractivity contribution in [3.8, 4) is 17.2 Å². The summed E-state index contributed by atoms with van der Waals surface area (Å²) >= 11 is 0. The minimum atomic E-state index is -0.489. The third kappa shape index (κ3) is 3.21. The fourth-order valence-corrected chi connectivity index (χ4v) is 2.48. The van der Waals surface area contributed by atoms with Gasteiger partial charge in [-0.1, -0.05) is 17.3 Å². The largest absolute Gasteiger partial charge is 0.497 e. The number of aromatic nitrogens is 3. The Labute approximate surface area is 149 Å². The van der Waals surface area contributed by atoms with Crippen LogP contribution in [0.1, 0.15) is 16.2 Å². The Morgan fingerprint density at radius 3 is 2.62 bits per heavy atom. The van der Waals surface area contributed by atoms with Crippen molar-refractivity contribution in [3.63, 3.8) is 0 Å². The van der Waals surface area contributed by atoms with Crippen molar-refractivity contribution in [1.29, 1.82) is 0 Å². The summed E-state index contributed by atoms with van der Waals surface area (Å²) in [6.45, 7) is 1.64. The summed E-state index contributed by atoms with van der Waals surface area (Å²) in [5.74, 6) is 0.0877. The number of halogens is 1. The Balaban J connectivity index is 1.92. The lowest BCUT2D eigenvalue weighted by atomic mass is 10.2. The first-order valence-corrected chi connectivity index (χ1v) is 7.75. The predicted molar refractivity (Wildman–Crippen MR) is 93.6 cm³/mol. The van der Waals surface area contributed by atoms with Gasteiger partial charge in [0.2, 0.25) is 0 Å². The zero-order valence-electron chi connectivity index (χ0n) is 14.5. The number of carbonyl (C=O) groups is 1. The van der Waals surface area contributed by atoms with Crippen LogP contribution in [0.15, 0.2) is 42.5 Å². The van der Waals surface area contributed by atoms with E-state index in [1.54, 1.807) is 43.3 Å². The molecule has 0 saturated carbocycles. The summed E-state index contributed by atoms with van der Waals surface area (Å²) in [5, 5.41) is 10.5. The molecule has 3 aromatic rings. The minimum Gasteiger partial charge on any atom is -0.497 e. The molecule has 0 fully saturated rings. The number of ether oxygens (including phenoxy) is 2. The average Bonchev–Trinajstić information content (AvgIpc) is 3.03. The van der Waals surface area contributed by atoms with E-state index in [-0.39, 0.29) is 11.4 Å². The molecule has 2 aromatic carbocycles. The zero-order chi connectivity index (χ0) is 18.7. The van der Waals surface area contributed by atoms with Crippen LogP contribution in [-0.4, -0.2) is 35.1 Å². The Morgan fingerprint density at radius 1 is 1.15 bits per heavy atom. The van der Waals surface area contributed by atoms with E-state index in [4.69, 9.17) is 9.47 Å². The molecule has 134 valence electrons. The van der Waals surface area contributed by atoms with Gasteiger partial charge in [0.25, 0.3) is 5.91 Å². The van der Waals surface area contributed by atoms with Crippen molar-refractivity contribution in [2.75, 3.05) is 19.5 Å². The fraction of sp³-hybridized carbons (Fsp3) is 0.167. The van der Waals surface area contributed by atoms with Crippen molar-refractivity contribution >= 4 is 11.6 Å². The Hall–Kier alpha value is -3.42. The Morgan fingerprint density at radius 2 is 1.92 bits per heavy atom. The maximum atomic E-state index is 14.0. The molecule has 1 amide bonds. The van der Waals surface area contributed by atoms with Gasteiger partial charge in [0.15, 0.2) is 5.69 Å². The van der Waals surface area contributed by atoms with Gasteiger partial charge in [-0.05, 0) is 31.2 Å². The van der Waals surface area contributed by atoms with Crippen LogP contribution in [0.3, 0.4) is 0 Å². The van der Waals surface area contributed by atoms with E-state index in [0.29, 0.717) is 22.9 Å². The minimum absolute atomic E-state index is 0.0816. The lowest BCUT2D eigenvalue weighted by molar-refractivity contribution is 0.102. The van der Waals surface area contributed by atoms with Crippen molar-refractivity contribution in [3.05, 3.63) is 59.7 Å². The standard InChI is InChI=1S/C18H17FN4O3/c1-11-17(21-22-23(11)15-7-5-4-6-13(15)19)18(24)20-14-10-12(25-2)8-9-16(14)26-3/h4-10H,1-3H3,(H,20,24). The number of hydrogen-bond acceptors (Lipinski definition) is 5. The van der Waals surface area contributed by atoms with Crippen LogP contribution < -0.4 is 14.8 Å². The first kappa shape index (κ1) is 17.4. The number of carbonyl (C=O) groups excluding carboxylic acids is 1. The van der Waals surface area contributed by atoms with Crippen LogP contribution >= 0.6 is 0 Å². The number of benzene rings is 2. The lowest BCUT2D eigenvalue weighted by Crippen LogP contribution is -2.15. The highest BCUT2D eigenvalue weighted by Crippen LogP contribution is 2.29. The number of hydrogen-bond donors (Lipinski definition) is 1. The van der Waals surface area contributed by atoms with Gasteiger partial charge in [0.1, 0.15) is 23.0 Å². The second kappa shape index (κ2) is 7.22. The zero-order valence-corrected chi connectivity index (χ0v) is 14.5. The number of nitrogens with zero attached hydrogens (tertiary/aromatic N) is 3. The lowest BCUT2D eigenvalue weighted by Gasteiger charge is -2.11. The van der Waals surface area contributed by atoms with Crippen LogP contribution in [0, 0.1) is 12.7 Å². The summed E-state index contributed by atoms with van der Waals surface area (Å²) < 4.78 is 25.7. The van der Waals surface area contributed by atoms with E-state index >= 15 is 0 Å². The molecule has 0 unspecified atom stereocenters. The summed E-state index contributed by atoms with van der Waals surface area (Å²) in [5.41, 5.74) is 1.14. The number of anilines is 1. The van der Waals surface area contributed by atoms with E-state index in [1.165, 1.54) is 25.0 Å². The van der Waals surface area contributed by atoms with Crippen LogP contribution in [-0.2, 0) is 0 Å². The third-order valence-corrected chi connectivity index (χ3v) is 3.85. The van der Waals surface area contributed by atoms with Gasteiger partial charge in [-0.3, -0.25) is 4.79 Å². The highest BCUT2D eigenvalue weighted by Gasteiger charge is 2.20. The molecule has 0 radical (unpaired) electrons. The van der Waals surface area contributed by atoms with Gasteiger partial charge in [-0.15, -0.1) is 5.10 Å². The fourth-order valence-electron chi connectivity index (χ4n) is 2.48. The highest BCUT2D eigenvalue weighted by atomic mass is 19.1. The molecule has 7 nitrogen and oxygen atoms in total. The molecular weight excluding hydrogens is 339 g/mol. The smallest absolute Gasteiger partial charge is 0.278 e. The maximum Gasteiger partial charge on any atom is 0.278 e. The molecule has 0 bridgehead atoms. The molecule has 0 aliphatic heterocycles. The normalized spacial score (nSPS) is 10.5. The molecule has 0 aliphatic rings. The molecule has 3 rings (SSSR count). The van der Waals surface area contributed by atoms with Crippen molar-refractivity contribution in [1.82, 2.24) is 15.0 Å². The monoisotopic (exact) mass is 356 g/mol. The first-order chi connectivity index (χ1) is 12.5. The van der Waals surface area contributed by atoms with E-state index in [0.717, 1.165) is 0 Å².